The van der Waals surface area contributed by atoms with Crippen molar-refractivity contribution in [3.63, 3.8) is 0 Å². The first-order chi connectivity index (χ1) is 13.9. The fourth-order valence-corrected chi connectivity index (χ4v) is 2.91. The van der Waals surface area contributed by atoms with Crippen molar-refractivity contribution in [1.29, 1.82) is 0 Å². The van der Waals surface area contributed by atoms with Gasteiger partial charge in [0, 0.05) is 12.1 Å². The third-order valence-electron chi connectivity index (χ3n) is 4.64. The highest BCUT2D eigenvalue weighted by Gasteiger charge is 2.28. The number of hydrogen-bond acceptors (Lipinski definition) is 6. The largest absolute Gasteiger partial charge is 0.495 e. The van der Waals surface area contributed by atoms with Gasteiger partial charge in [-0.05, 0) is 17.5 Å². The molecular formula is C21H24N2O6. The molecule has 0 saturated heterocycles. The molecule has 0 aliphatic heterocycles. The molecule has 0 spiro atoms. The van der Waals surface area contributed by atoms with Gasteiger partial charge in [-0.2, -0.15) is 0 Å². The van der Waals surface area contributed by atoms with E-state index in [0.717, 1.165) is 12.0 Å². The second-order valence-corrected chi connectivity index (χ2v) is 6.57. The number of anilines is 1. The number of nitro groups is 1. The van der Waals surface area contributed by atoms with Crippen molar-refractivity contribution < 1.29 is 24.0 Å². The van der Waals surface area contributed by atoms with E-state index in [1.54, 1.807) is 0 Å². The standard InChI is InChI=1S/C21H24N2O6/c1-4-14(2)20(15-8-6-5-7-9-15)21(25)29-13-19(24)22-17-12-16(23(26)27)10-11-18(17)28-3/h5-12,14,20H,4,13H2,1-3H3,(H,22,24)/t14-,20+/m1/s1. The van der Waals surface area contributed by atoms with E-state index in [2.05, 4.69) is 5.32 Å². The smallest absolute Gasteiger partial charge is 0.314 e. The zero-order valence-electron chi connectivity index (χ0n) is 16.6. The van der Waals surface area contributed by atoms with Crippen molar-refractivity contribution in [3.05, 3.63) is 64.2 Å². The molecule has 8 nitrogen and oxygen atoms in total. The Bertz CT molecular complexity index is 869. The first-order valence-corrected chi connectivity index (χ1v) is 9.21. The number of nitrogens with one attached hydrogen (secondary N) is 1. The Morgan fingerprint density at radius 2 is 1.86 bits per heavy atom. The fraction of sp³-hybridized carbons (Fsp3) is 0.333. The molecule has 0 aliphatic carbocycles. The van der Waals surface area contributed by atoms with E-state index in [0.29, 0.717) is 0 Å². The third kappa shape index (κ3) is 5.78. The van der Waals surface area contributed by atoms with Gasteiger partial charge < -0.3 is 14.8 Å². The van der Waals surface area contributed by atoms with Gasteiger partial charge in [-0.15, -0.1) is 0 Å². The van der Waals surface area contributed by atoms with Crippen LogP contribution in [0.4, 0.5) is 11.4 Å². The number of methoxy groups -OCH3 is 1. The maximum atomic E-state index is 12.7. The lowest BCUT2D eigenvalue weighted by Crippen LogP contribution is -2.27. The summed E-state index contributed by atoms with van der Waals surface area (Å²) in [5.74, 6) is -1.30. The Kier molecular flexibility index (Phi) is 7.70. The molecule has 1 N–H and O–H groups in total. The quantitative estimate of drug-likeness (QED) is 0.388. The number of benzene rings is 2. The van der Waals surface area contributed by atoms with Crippen molar-refractivity contribution in [2.75, 3.05) is 19.0 Å². The third-order valence-corrected chi connectivity index (χ3v) is 4.64. The zero-order chi connectivity index (χ0) is 21.4. The van der Waals surface area contributed by atoms with Crippen molar-refractivity contribution in [1.82, 2.24) is 0 Å². The predicted octanol–water partition coefficient (Wildman–Crippen LogP) is 3.92. The molecule has 154 valence electrons. The summed E-state index contributed by atoms with van der Waals surface area (Å²) >= 11 is 0. The van der Waals surface area contributed by atoms with Crippen LogP contribution in [0.5, 0.6) is 5.75 Å². The second kappa shape index (κ2) is 10.2. The molecule has 0 unspecified atom stereocenters. The number of amides is 1. The van der Waals surface area contributed by atoms with E-state index in [-0.39, 0.29) is 23.0 Å². The Morgan fingerprint density at radius 1 is 1.17 bits per heavy atom. The molecule has 0 aromatic heterocycles. The number of non-ortho nitro benzene ring substituents is 1. The summed E-state index contributed by atoms with van der Waals surface area (Å²) < 4.78 is 10.3. The number of carbonyl (C=O) groups is 2. The molecule has 0 heterocycles. The number of nitrogens with zero attached hydrogens (tertiary/aromatic N) is 1. The number of rotatable bonds is 9. The van der Waals surface area contributed by atoms with Gasteiger partial charge in [0.25, 0.3) is 11.6 Å². The van der Waals surface area contributed by atoms with Crippen LogP contribution in [-0.4, -0.2) is 30.5 Å². The van der Waals surface area contributed by atoms with Crippen molar-refractivity contribution in [3.8, 4) is 5.75 Å². The SMILES string of the molecule is CC[C@@H](C)[C@H](C(=O)OCC(=O)Nc1cc([N+](=O)[O-])ccc1OC)c1ccccc1. The summed E-state index contributed by atoms with van der Waals surface area (Å²) in [6.45, 7) is 3.42. The molecule has 0 fully saturated rings. The van der Waals surface area contributed by atoms with E-state index in [9.17, 15) is 19.7 Å². The average molecular weight is 400 g/mol. The Labute approximate surface area is 169 Å². The molecule has 0 saturated carbocycles. The first kappa shape index (κ1) is 21.9. The summed E-state index contributed by atoms with van der Waals surface area (Å²) in [6.07, 6.45) is 0.770. The van der Waals surface area contributed by atoms with E-state index in [1.165, 1.54) is 25.3 Å². The molecule has 29 heavy (non-hydrogen) atoms. The molecule has 0 radical (unpaired) electrons. The lowest BCUT2D eigenvalue weighted by Gasteiger charge is -2.21. The summed E-state index contributed by atoms with van der Waals surface area (Å²) in [7, 11) is 1.38. The van der Waals surface area contributed by atoms with Crippen LogP contribution in [0.2, 0.25) is 0 Å². The summed E-state index contributed by atoms with van der Waals surface area (Å²) in [4.78, 5) is 35.3. The normalized spacial score (nSPS) is 12.5. The van der Waals surface area contributed by atoms with Gasteiger partial charge in [-0.1, -0.05) is 50.6 Å². The molecule has 2 atom stereocenters. The monoisotopic (exact) mass is 400 g/mol. The Balaban J connectivity index is 2.07. The van der Waals surface area contributed by atoms with Crippen molar-refractivity contribution in [2.45, 2.75) is 26.2 Å². The maximum Gasteiger partial charge on any atom is 0.314 e. The summed E-state index contributed by atoms with van der Waals surface area (Å²) in [6, 6.07) is 13.1. The van der Waals surface area contributed by atoms with Crippen molar-refractivity contribution >= 4 is 23.3 Å². The lowest BCUT2D eigenvalue weighted by atomic mass is 9.86. The van der Waals surface area contributed by atoms with Crippen LogP contribution in [-0.2, 0) is 14.3 Å². The summed E-state index contributed by atoms with van der Waals surface area (Å²) in [5.41, 5.74) is 0.760. The van der Waals surface area contributed by atoms with Gasteiger partial charge in [-0.25, -0.2) is 0 Å². The van der Waals surface area contributed by atoms with E-state index >= 15 is 0 Å². The molecule has 2 aromatic carbocycles. The van der Waals surface area contributed by atoms with E-state index < -0.39 is 29.3 Å². The minimum atomic E-state index is -0.617. The molecule has 8 heteroatoms. The van der Waals surface area contributed by atoms with Crippen LogP contribution >= 0.6 is 0 Å². The van der Waals surface area contributed by atoms with Gasteiger partial charge in [0.2, 0.25) is 0 Å². The molecule has 1 amide bonds. The molecular weight excluding hydrogens is 376 g/mol. The second-order valence-electron chi connectivity index (χ2n) is 6.57. The fourth-order valence-electron chi connectivity index (χ4n) is 2.91. The number of carbonyl (C=O) groups excluding carboxylic acids is 2. The zero-order valence-corrected chi connectivity index (χ0v) is 16.6. The van der Waals surface area contributed by atoms with Crippen LogP contribution in [0, 0.1) is 16.0 Å². The van der Waals surface area contributed by atoms with Crippen molar-refractivity contribution in [2.24, 2.45) is 5.92 Å². The van der Waals surface area contributed by atoms with Gasteiger partial charge in [0.1, 0.15) is 5.75 Å². The molecule has 0 aliphatic rings. The summed E-state index contributed by atoms with van der Waals surface area (Å²) in [5, 5.41) is 13.4. The number of esters is 1. The number of nitro benzene ring substituents is 1. The van der Waals surface area contributed by atoms with Crippen LogP contribution in [0.3, 0.4) is 0 Å². The van der Waals surface area contributed by atoms with Gasteiger partial charge in [0.05, 0.1) is 23.6 Å². The van der Waals surface area contributed by atoms with E-state index in [4.69, 9.17) is 9.47 Å². The van der Waals surface area contributed by atoms with Crippen LogP contribution in [0.1, 0.15) is 31.7 Å². The van der Waals surface area contributed by atoms with Gasteiger partial charge in [-0.3, -0.25) is 19.7 Å². The topological polar surface area (TPSA) is 108 Å². The highest BCUT2D eigenvalue weighted by atomic mass is 16.6. The minimum absolute atomic E-state index is 0.0322. The highest BCUT2D eigenvalue weighted by molar-refractivity contribution is 5.95. The van der Waals surface area contributed by atoms with Crippen LogP contribution in [0.15, 0.2) is 48.5 Å². The first-order valence-electron chi connectivity index (χ1n) is 9.21. The number of hydrogen-bond donors (Lipinski definition) is 1. The lowest BCUT2D eigenvalue weighted by molar-refractivity contribution is -0.384. The molecule has 2 rings (SSSR count). The molecule has 0 bridgehead atoms. The maximum absolute atomic E-state index is 12.7. The minimum Gasteiger partial charge on any atom is -0.495 e. The highest BCUT2D eigenvalue weighted by Crippen LogP contribution is 2.30. The van der Waals surface area contributed by atoms with Crippen LogP contribution < -0.4 is 10.1 Å². The van der Waals surface area contributed by atoms with E-state index in [1.807, 2.05) is 44.2 Å². The average Bonchev–Trinajstić information content (AvgIpc) is 2.72. The number of ether oxygens (including phenoxy) is 2. The van der Waals surface area contributed by atoms with Gasteiger partial charge in [0.15, 0.2) is 6.61 Å². The van der Waals surface area contributed by atoms with Gasteiger partial charge >= 0.3 is 5.97 Å². The Hall–Kier alpha value is -3.42. The predicted molar refractivity (Wildman–Crippen MR) is 108 cm³/mol. The molecule has 2 aromatic rings. The van der Waals surface area contributed by atoms with Crippen LogP contribution in [0.25, 0.3) is 0 Å². The Morgan fingerprint density at radius 3 is 2.45 bits per heavy atom.